The van der Waals surface area contributed by atoms with Gasteiger partial charge < -0.3 is 5.32 Å². The lowest BCUT2D eigenvalue weighted by Gasteiger charge is -2.10. The largest absolute Gasteiger partial charge is 0.321 e. The summed E-state index contributed by atoms with van der Waals surface area (Å²) < 4.78 is 13.0. The van der Waals surface area contributed by atoms with Crippen molar-refractivity contribution in [3.05, 3.63) is 100 Å². The van der Waals surface area contributed by atoms with Gasteiger partial charge in [-0.3, -0.25) is 9.59 Å². The SMILES string of the molecule is Cc1ccc(/C=N/NC(=O)c2ccccc2NC(=O)c2ccc(F)cc2)cc1C. The molecule has 2 amide bonds. The van der Waals surface area contributed by atoms with E-state index < -0.39 is 17.6 Å². The predicted molar refractivity (Wildman–Crippen MR) is 112 cm³/mol. The Labute approximate surface area is 168 Å². The Bertz CT molecular complexity index is 1080. The van der Waals surface area contributed by atoms with Crippen LogP contribution in [0.25, 0.3) is 0 Å². The fourth-order valence-corrected chi connectivity index (χ4v) is 2.66. The van der Waals surface area contributed by atoms with Crippen LogP contribution in [0, 0.1) is 19.7 Å². The highest BCUT2D eigenvalue weighted by Crippen LogP contribution is 2.16. The van der Waals surface area contributed by atoms with E-state index in [-0.39, 0.29) is 11.1 Å². The van der Waals surface area contributed by atoms with Crippen LogP contribution in [-0.4, -0.2) is 18.0 Å². The number of hydrazone groups is 1. The van der Waals surface area contributed by atoms with Gasteiger partial charge in [-0.1, -0.05) is 30.3 Å². The molecule has 0 saturated carbocycles. The second kappa shape index (κ2) is 8.93. The third-order valence-corrected chi connectivity index (χ3v) is 4.44. The van der Waals surface area contributed by atoms with Crippen LogP contribution in [0.3, 0.4) is 0 Å². The number of rotatable bonds is 5. The number of anilines is 1. The molecule has 29 heavy (non-hydrogen) atoms. The molecule has 146 valence electrons. The maximum atomic E-state index is 13.0. The van der Waals surface area contributed by atoms with E-state index in [0.29, 0.717) is 5.69 Å². The van der Waals surface area contributed by atoms with E-state index in [2.05, 4.69) is 15.8 Å². The van der Waals surface area contributed by atoms with E-state index in [4.69, 9.17) is 0 Å². The van der Waals surface area contributed by atoms with Crippen LogP contribution in [0.4, 0.5) is 10.1 Å². The quantitative estimate of drug-likeness (QED) is 0.500. The van der Waals surface area contributed by atoms with Gasteiger partial charge in [-0.2, -0.15) is 5.10 Å². The normalized spacial score (nSPS) is 10.7. The molecule has 2 N–H and O–H groups in total. The fourth-order valence-electron chi connectivity index (χ4n) is 2.66. The average molecular weight is 389 g/mol. The minimum atomic E-state index is -0.458. The number of aryl methyl sites for hydroxylation is 2. The van der Waals surface area contributed by atoms with Crippen molar-refractivity contribution in [3.8, 4) is 0 Å². The lowest BCUT2D eigenvalue weighted by atomic mass is 10.1. The number of nitrogens with one attached hydrogen (secondary N) is 2. The van der Waals surface area contributed by atoms with Crippen molar-refractivity contribution in [2.24, 2.45) is 5.10 Å². The standard InChI is InChI=1S/C23H20FN3O2/c1-15-7-8-17(13-16(15)2)14-25-27-23(29)20-5-3-4-6-21(20)26-22(28)18-9-11-19(24)12-10-18/h3-14H,1-2H3,(H,26,28)(H,27,29)/b25-14+. The Morgan fingerprint density at radius 2 is 1.62 bits per heavy atom. The number of halogens is 1. The van der Waals surface area contributed by atoms with E-state index in [1.54, 1.807) is 30.5 Å². The first-order valence-electron chi connectivity index (χ1n) is 9.00. The molecular weight excluding hydrogens is 369 g/mol. The number of para-hydroxylation sites is 1. The minimum absolute atomic E-state index is 0.264. The zero-order valence-corrected chi connectivity index (χ0v) is 16.1. The van der Waals surface area contributed by atoms with Crippen molar-refractivity contribution < 1.29 is 14.0 Å². The van der Waals surface area contributed by atoms with Gasteiger partial charge >= 0.3 is 0 Å². The molecule has 0 saturated heterocycles. The maximum absolute atomic E-state index is 13.0. The van der Waals surface area contributed by atoms with Gasteiger partial charge in [0.1, 0.15) is 5.82 Å². The molecule has 5 nitrogen and oxygen atoms in total. The molecule has 3 aromatic rings. The Morgan fingerprint density at radius 1 is 0.897 bits per heavy atom. The second-order valence-electron chi connectivity index (χ2n) is 6.55. The molecule has 0 aliphatic rings. The van der Waals surface area contributed by atoms with E-state index in [9.17, 15) is 14.0 Å². The highest BCUT2D eigenvalue weighted by molar-refractivity contribution is 6.09. The summed E-state index contributed by atoms with van der Waals surface area (Å²) in [6.07, 6.45) is 1.56. The van der Waals surface area contributed by atoms with Gasteiger partial charge in [-0.25, -0.2) is 9.82 Å². The number of hydrogen-bond acceptors (Lipinski definition) is 3. The lowest BCUT2D eigenvalue weighted by molar-refractivity contribution is 0.0956. The van der Waals surface area contributed by atoms with Gasteiger partial charge in [-0.15, -0.1) is 0 Å². The molecule has 3 rings (SSSR count). The molecule has 0 spiro atoms. The van der Waals surface area contributed by atoms with E-state index in [1.165, 1.54) is 29.8 Å². The molecule has 0 aliphatic heterocycles. The average Bonchev–Trinajstić information content (AvgIpc) is 2.71. The van der Waals surface area contributed by atoms with Crippen LogP contribution in [0.1, 0.15) is 37.4 Å². The van der Waals surface area contributed by atoms with Gasteiger partial charge in [0.15, 0.2) is 0 Å². The maximum Gasteiger partial charge on any atom is 0.273 e. The summed E-state index contributed by atoms with van der Waals surface area (Å²) in [4.78, 5) is 24.9. The smallest absolute Gasteiger partial charge is 0.273 e. The summed E-state index contributed by atoms with van der Waals surface area (Å²) >= 11 is 0. The van der Waals surface area contributed by atoms with Crippen molar-refractivity contribution in [2.45, 2.75) is 13.8 Å². The second-order valence-corrected chi connectivity index (χ2v) is 6.55. The van der Waals surface area contributed by atoms with Gasteiger partial charge in [0, 0.05) is 5.56 Å². The van der Waals surface area contributed by atoms with Gasteiger partial charge in [0.2, 0.25) is 0 Å². The highest BCUT2D eigenvalue weighted by Gasteiger charge is 2.13. The molecule has 0 unspecified atom stereocenters. The number of benzene rings is 3. The lowest BCUT2D eigenvalue weighted by Crippen LogP contribution is -2.21. The predicted octanol–water partition coefficient (Wildman–Crippen LogP) is 4.46. The van der Waals surface area contributed by atoms with E-state index >= 15 is 0 Å². The first kappa shape index (κ1) is 19.9. The van der Waals surface area contributed by atoms with Crippen molar-refractivity contribution >= 4 is 23.7 Å². The summed E-state index contributed by atoms with van der Waals surface area (Å²) in [7, 11) is 0. The van der Waals surface area contributed by atoms with Gasteiger partial charge in [0.05, 0.1) is 17.5 Å². The first-order chi connectivity index (χ1) is 13.9. The minimum Gasteiger partial charge on any atom is -0.321 e. The van der Waals surface area contributed by atoms with Crippen LogP contribution in [-0.2, 0) is 0 Å². The van der Waals surface area contributed by atoms with Crippen LogP contribution in [0.2, 0.25) is 0 Å². The summed E-state index contributed by atoms with van der Waals surface area (Å²) in [5.74, 6) is -1.33. The Balaban J connectivity index is 1.71. The number of carbonyl (C=O) groups excluding carboxylic acids is 2. The zero-order valence-electron chi connectivity index (χ0n) is 16.1. The molecule has 0 bridgehead atoms. The topological polar surface area (TPSA) is 70.6 Å². The monoisotopic (exact) mass is 389 g/mol. The summed E-state index contributed by atoms with van der Waals surface area (Å²) in [6.45, 7) is 4.03. The number of amides is 2. The van der Waals surface area contributed by atoms with Crippen LogP contribution >= 0.6 is 0 Å². The van der Waals surface area contributed by atoms with Crippen molar-refractivity contribution in [1.82, 2.24) is 5.43 Å². The number of hydrogen-bond donors (Lipinski definition) is 2. The molecule has 6 heteroatoms. The molecule has 0 atom stereocenters. The van der Waals surface area contributed by atoms with Crippen LogP contribution < -0.4 is 10.7 Å². The summed E-state index contributed by atoms with van der Waals surface area (Å²) in [6, 6.07) is 17.6. The Kier molecular flexibility index (Phi) is 6.14. The third kappa shape index (κ3) is 5.13. The van der Waals surface area contributed by atoms with E-state index in [1.807, 2.05) is 32.0 Å². The Morgan fingerprint density at radius 3 is 2.34 bits per heavy atom. The molecular formula is C23H20FN3O2. The summed E-state index contributed by atoms with van der Waals surface area (Å²) in [5.41, 5.74) is 6.53. The molecule has 0 aromatic heterocycles. The third-order valence-electron chi connectivity index (χ3n) is 4.44. The number of carbonyl (C=O) groups is 2. The van der Waals surface area contributed by atoms with Crippen molar-refractivity contribution in [2.75, 3.05) is 5.32 Å². The van der Waals surface area contributed by atoms with Crippen LogP contribution in [0.15, 0.2) is 71.8 Å². The molecule has 0 aliphatic carbocycles. The van der Waals surface area contributed by atoms with Gasteiger partial charge in [0.25, 0.3) is 11.8 Å². The highest BCUT2D eigenvalue weighted by atomic mass is 19.1. The fraction of sp³-hybridized carbons (Fsp3) is 0.0870. The molecule has 0 radical (unpaired) electrons. The molecule has 0 fully saturated rings. The first-order valence-corrected chi connectivity index (χ1v) is 9.00. The molecule has 0 heterocycles. The summed E-state index contributed by atoms with van der Waals surface area (Å²) in [5, 5.41) is 6.67. The van der Waals surface area contributed by atoms with Crippen molar-refractivity contribution in [1.29, 1.82) is 0 Å². The number of nitrogens with zero attached hydrogens (tertiary/aromatic N) is 1. The van der Waals surface area contributed by atoms with Crippen LogP contribution in [0.5, 0.6) is 0 Å². The molecule has 3 aromatic carbocycles. The van der Waals surface area contributed by atoms with Crippen molar-refractivity contribution in [3.63, 3.8) is 0 Å². The Hall–Kier alpha value is -3.80. The zero-order chi connectivity index (χ0) is 20.8. The van der Waals surface area contributed by atoms with E-state index in [0.717, 1.165) is 11.1 Å². The van der Waals surface area contributed by atoms with Gasteiger partial charge in [-0.05, 0) is 66.9 Å².